The summed E-state index contributed by atoms with van der Waals surface area (Å²) in [4.78, 5) is 25.6. The number of alkyl halides is 3. The first-order chi connectivity index (χ1) is 17.8. The number of anilines is 1. The number of fused-ring (bicyclic) bond motifs is 1. The summed E-state index contributed by atoms with van der Waals surface area (Å²) >= 11 is 0. The van der Waals surface area contributed by atoms with E-state index < -0.39 is 11.7 Å². The molecule has 0 saturated heterocycles. The zero-order chi connectivity index (χ0) is 26.0. The molecule has 0 unspecified atom stereocenters. The Kier molecular flexibility index (Phi) is 6.74. The van der Waals surface area contributed by atoms with E-state index in [1.807, 2.05) is 42.5 Å². The predicted molar refractivity (Wildman–Crippen MR) is 136 cm³/mol. The predicted octanol–water partition coefficient (Wildman–Crippen LogP) is 6.38. The summed E-state index contributed by atoms with van der Waals surface area (Å²) in [5.41, 5.74) is 2.63. The molecule has 37 heavy (non-hydrogen) atoms. The zero-order valence-corrected chi connectivity index (χ0v) is 20.0. The molecule has 0 aliphatic heterocycles. The van der Waals surface area contributed by atoms with Gasteiger partial charge in [0, 0.05) is 35.6 Å². The largest absolute Gasteiger partial charge is 0.416 e. The summed E-state index contributed by atoms with van der Waals surface area (Å²) in [6.07, 6.45) is -1.57. The van der Waals surface area contributed by atoms with Crippen molar-refractivity contribution >= 4 is 28.4 Å². The Balaban J connectivity index is 1.45. The maximum Gasteiger partial charge on any atom is 0.416 e. The van der Waals surface area contributed by atoms with E-state index in [4.69, 9.17) is 0 Å². The third kappa shape index (κ3) is 5.53. The normalized spacial score (nSPS) is 13.8. The van der Waals surface area contributed by atoms with E-state index >= 15 is 0 Å². The third-order valence-electron chi connectivity index (χ3n) is 6.80. The van der Waals surface area contributed by atoms with Crippen molar-refractivity contribution in [2.45, 2.75) is 38.5 Å². The highest BCUT2D eigenvalue weighted by Crippen LogP contribution is 2.31. The van der Waals surface area contributed by atoms with E-state index in [0.717, 1.165) is 47.9 Å². The van der Waals surface area contributed by atoms with Crippen LogP contribution < -0.4 is 10.6 Å². The fourth-order valence-corrected chi connectivity index (χ4v) is 4.47. The number of carbonyl (C=O) groups excluding carboxylic acids is 2. The fraction of sp³-hybridized carbons (Fsp3) is 0.241. The molecule has 1 aliphatic carbocycles. The van der Waals surface area contributed by atoms with Gasteiger partial charge in [-0.2, -0.15) is 13.2 Å². The van der Waals surface area contributed by atoms with Gasteiger partial charge in [-0.3, -0.25) is 9.59 Å². The molecule has 1 fully saturated rings. The number of aromatic nitrogens is 1. The summed E-state index contributed by atoms with van der Waals surface area (Å²) in [5, 5.41) is 6.64. The van der Waals surface area contributed by atoms with E-state index in [2.05, 4.69) is 10.6 Å². The second-order valence-corrected chi connectivity index (χ2v) is 9.37. The smallest absolute Gasteiger partial charge is 0.347 e. The molecule has 0 radical (unpaired) electrons. The monoisotopic (exact) mass is 505 g/mol. The Labute approximate surface area is 212 Å². The minimum Gasteiger partial charge on any atom is -0.347 e. The number of hydrogen-bond acceptors (Lipinski definition) is 2. The van der Waals surface area contributed by atoms with Crippen molar-refractivity contribution in [2.75, 3.05) is 5.32 Å². The molecule has 1 aromatic heterocycles. The number of amides is 2. The second-order valence-electron chi connectivity index (χ2n) is 9.37. The van der Waals surface area contributed by atoms with Gasteiger partial charge in [0.05, 0.1) is 5.56 Å². The van der Waals surface area contributed by atoms with Crippen LogP contribution in [0.25, 0.3) is 10.9 Å². The molecule has 0 spiro atoms. The minimum atomic E-state index is -4.42. The first-order valence-corrected chi connectivity index (χ1v) is 12.2. The van der Waals surface area contributed by atoms with Gasteiger partial charge in [-0.15, -0.1) is 0 Å². The average Bonchev–Trinajstić information content (AvgIpc) is 3.19. The molecule has 8 heteroatoms. The van der Waals surface area contributed by atoms with Gasteiger partial charge < -0.3 is 15.2 Å². The maximum atomic E-state index is 13.2. The van der Waals surface area contributed by atoms with Crippen molar-refractivity contribution in [3.8, 4) is 0 Å². The van der Waals surface area contributed by atoms with Gasteiger partial charge in [-0.1, -0.05) is 48.9 Å². The van der Waals surface area contributed by atoms with Crippen LogP contribution in [0.4, 0.5) is 18.9 Å². The topological polar surface area (TPSA) is 63.1 Å². The van der Waals surface area contributed by atoms with E-state index in [0.29, 0.717) is 23.5 Å². The summed E-state index contributed by atoms with van der Waals surface area (Å²) in [6.45, 7) is 0.549. The standard InChI is InChI=1S/C29H26F3N3O2/c30-29(31,32)23-11-9-20(10-12-23)18-35-25-14-13-24(34-27(36)21-7-4-8-21)15-22(25)16-26(35)28(37)33-17-19-5-2-1-3-6-19/h1-3,5-6,9-16,21H,4,7-8,17-18H2,(H,33,37)(H,34,36). The molecule has 2 amide bonds. The minimum absolute atomic E-state index is 0.00406. The maximum absolute atomic E-state index is 13.2. The molecule has 1 heterocycles. The van der Waals surface area contributed by atoms with Gasteiger partial charge in [0.15, 0.2) is 0 Å². The SMILES string of the molecule is O=C(NCc1ccccc1)c1cc2cc(NC(=O)C3CCC3)ccc2n1Cc1ccc(C(F)(F)F)cc1. The molecule has 1 saturated carbocycles. The fourth-order valence-electron chi connectivity index (χ4n) is 4.47. The number of rotatable bonds is 7. The quantitative estimate of drug-likeness (QED) is 0.306. The van der Waals surface area contributed by atoms with Crippen molar-refractivity contribution in [1.82, 2.24) is 9.88 Å². The van der Waals surface area contributed by atoms with E-state index in [-0.39, 0.29) is 24.3 Å². The van der Waals surface area contributed by atoms with E-state index in [1.165, 1.54) is 12.1 Å². The third-order valence-corrected chi connectivity index (χ3v) is 6.80. The number of nitrogens with one attached hydrogen (secondary N) is 2. The first kappa shape index (κ1) is 24.6. The number of halogens is 3. The van der Waals surface area contributed by atoms with Crippen LogP contribution in [0.3, 0.4) is 0 Å². The van der Waals surface area contributed by atoms with Crippen LogP contribution >= 0.6 is 0 Å². The molecule has 1 aliphatic rings. The summed E-state index contributed by atoms with van der Waals surface area (Å²) in [6, 6.07) is 21.6. The van der Waals surface area contributed by atoms with Gasteiger partial charge in [0.25, 0.3) is 5.91 Å². The van der Waals surface area contributed by atoms with Gasteiger partial charge in [-0.25, -0.2) is 0 Å². The Morgan fingerprint density at radius 3 is 2.27 bits per heavy atom. The van der Waals surface area contributed by atoms with Crippen molar-refractivity contribution in [1.29, 1.82) is 0 Å². The number of carbonyl (C=O) groups is 2. The Hall–Kier alpha value is -4.07. The lowest BCUT2D eigenvalue weighted by Crippen LogP contribution is -2.27. The molecular formula is C29H26F3N3O2. The van der Waals surface area contributed by atoms with Gasteiger partial charge >= 0.3 is 6.18 Å². The lowest BCUT2D eigenvalue weighted by Gasteiger charge is -2.24. The molecule has 3 aromatic carbocycles. The first-order valence-electron chi connectivity index (χ1n) is 12.2. The van der Waals surface area contributed by atoms with Crippen LogP contribution in [0.5, 0.6) is 0 Å². The Morgan fingerprint density at radius 1 is 0.892 bits per heavy atom. The Bertz CT molecular complexity index is 1420. The molecule has 2 N–H and O–H groups in total. The number of nitrogens with zero attached hydrogens (tertiary/aromatic N) is 1. The Morgan fingerprint density at radius 2 is 1.62 bits per heavy atom. The van der Waals surface area contributed by atoms with Crippen molar-refractivity contribution in [3.63, 3.8) is 0 Å². The van der Waals surface area contributed by atoms with Crippen LogP contribution in [0.1, 0.15) is 46.4 Å². The second kappa shape index (κ2) is 10.1. The lowest BCUT2D eigenvalue weighted by molar-refractivity contribution is -0.137. The van der Waals surface area contributed by atoms with Crippen LogP contribution in [-0.2, 0) is 24.1 Å². The summed E-state index contributed by atoms with van der Waals surface area (Å²) in [7, 11) is 0. The molecule has 0 atom stereocenters. The van der Waals surface area contributed by atoms with Crippen LogP contribution in [0, 0.1) is 5.92 Å². The molecule has 4 aromatic rings. The summed E-state index contributed by atoms with van der Waals surface area (Å²) in [5.74, 6) is -0.262. The van der Waals surface area contributed by atoms with Crippen LogP contribution in [0.15, 0.2) is 78.9 Å². The molecule has 190 valence electrons. The highest BCUT2D eigenvalue weighted by molar-refractivity contribution is 6.01. The molecular weight excluding hydrogens is 479 g/mol. The molecule has 5 nitrogen and oxygen atoms in total. The van der Waals surface area contributed by atoms with Crippen molar-refractivity contribution < 1.29 is 22.8 Å². The zero-order valence-electron chi connectivity index (χ0n) is 20.0. The highest BCUT2D eigenvalue weighted by atomic mass is 19.4. The van der Waals surface area contributed by atoms with E-state index in [9.17, 15) is 22.8 Å². The number of hydrogen-bond donors (Lipinski definition) is 2. The van der Waals surface area contributed by atoms with Crippen LogP contribution in [0.2, 0.25) is 0 Å². The van der Waals surface area contributed by atoms with Crippen LogP contribution in [-0.4, -0.2) is 16.4 Å². The average molecular weight is 506 g/mol. The molecule has 0 bridgehead atoms. The van der Waals surface area contributed by atoms with Crippen molar-refractivity contribution in [2.24, 2.45) is 5.92 Å². The van der Waals surface area contributed by atoms with Gasteiger partial charge in [-0.05, 0) is 60.4 Å². The lowest BCUT2D eigenvalue weighted by atomic mass is 9.85. The molecule has 5 rings (SSSR count). The number of benzene rings is 3. The summed E-state index contributed by atoms with van der Waals surface area (Å²) < 4.78 is 40.8. The highest BCUT2D eigenvalue weighted by Gasteiger charge is 2.30. The van der Waals surface area contributed by atoms with Crippen molar-refractivity contribution in [3.05, 3.63) is 101 Å². The van der Waals surface area contributed by atoms with Gasteiger partial charge in [0.1, 0.15) is 5.69 Å². The van der Waals surface area contributed by atoms with Gasteiger partial charge in [0.2, 0.25) is 5.91 Å². The van der Waals surface area contributed by atoms with E-state index in [1.54, 1.807) is 16.7 Å².